The first-order chi connectivity index (χ1) is 14.0. The Balaban J connectivity index is 1.56. The molecule has 0 amide bonds. The van der Waals surface area contributed by atoms with Crippen LogP contribution < -0.4 is 10.1 Å². The van der Waals surface area contributed by atoms with E-state index in [1.807, 2.05) is 30.3 Å². The summed E-state index contributed by atoms with van der Waals surface area (Å²) in [6, 6.07) is 10.2. The molecule has 162 valence electrons. The standard InChI is InChI=1S/C24H39N3O2/c1-5-25-23(26-18-19-10-9-17-28-22(19)24(2,3)4)27-15-13-21(14-16-27)29-20-11-7-6-8-12-20/h6-8,11-12,19,21-22H,5,9-10,13-18H2,1-4H3,(H,25,26). The van der Waals surface area contributed by atoms with Gasteiger partial charge in [0.05, 0.1) is 6.10 Å². The maximum Gasteiger partial charge on any atom is 0.193 e. The van der Waals surface area contributed by atoms with Gasteiger partial charge >= 0.3 is 0 Å². The second kappa shape index (κ2) is 10.3. The number of hydrogen-bond acceptors (Lipinski definition) is 3. The van der Waals surface area contributed by atoms with Gasteiger partial charge in [-0.25, -0.2) is 0 Å². The molecule has 0 spiro atoms. The zero-order chi connectivity index (χ0) is 20.7. The van der Waals surface area contributed by atoms with Crippen molar-refractivity contribution in [3.05, 3.63) is 30.3 Å². The van der Waals surface area contributed by atoms with Crippen LogP contribution in [0.15, 0.2) is 35.3 Å². The van der Waals surface area contributed by atoms with Crippen LogP contribution >= 0.6 is 0 Å². The first-order valence-corrected chi connectivity index (χ1v) is 11.3. The van der Waals surface area contributed by atoms with Crippen LogP contribution in [0.5, 0.6) is 5.75 Å². The van der Waals surface area contributed by atoms with Crippen LogP contribution in [-0.4, -0.2) is 55.9 Å². The molecule has 0 aliphatic carbocycles. The molecule has 5 nitrogen and oxygen atoms in total. The molecule has 3 rings (SSSR count). The van der Waals surface area contributed by atoms with Gasteiger partial charge in [-0.3, -0.25) is 4.99 Å². The lowest BCUT2D eigenvalue weighted by Crippen LogP contribution is -2.48. The molecule has 29 heavy (non-hydrogen) atoms. The van der Waals surface area contributed by atoms with E-state index >= 15 is 0 Å². The van der Waals surface area contributed by atoms with E-state index in [2.05, 4.69) is 37.9 Å². The average Bonchev–Trinajstić information content (AvgIpc) is 2.72. The third kappa shape index (κ3) is 6.36. The lowest BCUT2D eigenvalue weighted by molar-refractivity contribution is -0.0824. The predicted molar refractivity (Wildman–Crippen MR) is 120 cm³/mol. The highest BCUT2D eigenvalue weighted by atomic mass is 16.5. The number of likely N-dealkylation sites (tertiary alicyclic amines) is 1. The van der Waals surface area contributed by atoms with Crippen molar-refractivity contribution in [1.29, 1.82) is 0 Å². The highest BCUT2D eigenvalue weighted by Gasteiger charge is 2.35. The highest BCUT2D eigenvalue weighted by molar-refractivity contribution is 5.80. The Bertz CT molecular complexity index is 633. The minimum Gasteiger partial charge on any atom is -0.490 e. The van der Waals surface area contributed by atoms with E-state index in [0.717, 1.165) is 63.8 Å². The summed E-state index contributed by atoms with van der Waals surface area (Å²) < 4.78 is 12.3. The third-order valence-corrected chi connectivity index (χ3v) is 5.90. The highest BCUT2D eigenvalue weighted by Crippen LogP contribution is 2.34. The van der Waals surface area contributed by atoms with E-state index in [9.17, 15) is 0 Å². The molecule has 1 aromatic carbocycles. The molecule has 2 aliphatic heterocycles. The van der Waals surface area contributed by atoms with Crippen LogP contribution in [0.3, 0.4) is 0 Å². The number of piperidine rings is 1. The Morgan fingerprint density at radius 3 is 2.55 bits per heavy atom. The zero-order valence-electron chi connectivity index (χ0n) is 18.7. The van der Waals surface area contributed by atoms with Crippen molar-refractivity contribution >= 4 is 5.96 Å². The molecule has 2 heterocycles. The monoisotopic (exact) mass is 401 g/mol. The van der Waals surface area contributed by atoms with Crippen LogP contribution in [0.25, 0.3) is 0 Å². The number of guanidine groups is 1. The van der Waals surface area contributed by atoms with E-state index < -0.39 is 0 Å². The zero-order valence-corrected chi connectivity index (χ0v) is 18.7. The van der Waals surface area contributed by atoms with E-state index in [4.69, 9.17) is 14.5 Å². The summed E-state index contributed by atoms with van der Waals surface area (Å²) in [6.45, 7) is 13.6. The normalized spacial score (nSPS) is 24.4. The fraction of sp³-hybridized carbons (Fsp3) is 0.708. The summed E-state index contributed by atoms with van der Waals surface area (Å²) in [4.78, 5) is 7.44. The van der Waals surface area contributed by atoms with Gasteiger partial charge < -0.3 is 19.7 Å². The van der Waals surface area contributed by atoms with E-state index in [0.29, 0.717) is 5.92 Å². The van der Waals surface area contributed by atoms with E-state index in [-0.39, 0.29) is 17.6 Å². The summed E-state index contributed by atoms with van der Waals surface area (Å²) >= 11 is 0. The molecule has 2 unspecified atom stereocenters. The van der Waals surface area contributed by atoms with Gasteiger partial charge in [-0.2, -0.15) is 0 Å². The second-order valence-corrected chi connectivity index (χ2v) is 9.37. The molecule has 2 fully saturated rings. The van der Waals surface area contributed by atoms with Crippen LogP contribution in [0.1, 0.15) is 53.4 Å². The maximum atomic E-state index is 6.15. The van der Waals surface area contributed by atoms with Crippen molar-refractivity contribution in [3.63, 3.8) is 0 Å². The van der Waals surface area contributed by atoms with Gasteiger partial charge in [-0.15, -0.1) is 0 Å². The number of nitrogens with zero attached hydrogens (tertiary/aromatic N) is 2. The van der Waals surface area contributed by atoms with Gasteiger partial charge in [0.1, 0.15) is 11.9 Å². The fourth-order valence-corrected chi connectivity index (χ4v) is 4.49. The van der Waals surface area contributed by atoms with Crippen LogP contribution in [0, 0.1) is 11.3 Å². The number of benzene rings is 1. The Morgan fingerprint density at radius 1 is 1.17 bits per heavy atom. The third-order valence-electron chi connectivity index (χ3n) is 5.90. The van der Waals surface area contributed by atoms with E-state index in [1.54, 1.807) is 0 Å². The van der Waals surface area contributed by atoms with Crippen molar-refractivity contribution in [2.24, 2.45) is 16.3 Å². The number of aliphatic imine (C=N–C) groups is 1. The lowest BCUT2D eigenvalue weighted by atomic mass is 9.78. The SMILES string of the molecule is CCNC(=NCC1CCCOC1C(C)(C)C)N1CCC(Oc2ccccc2)CC1. The van der Waals surface area contributed by atoms with Crippen molar-refractivity contribution in [1.82, 2.24) is 10.2 Å². The predicted octanol–water partition coefficient (Wildman–Crippen LogP) is 4.34. The molecule has 1 N–H and O–H groups in total. The summed E-state index contributed by atoms with van der Waals surface area (Å²) in [7, 11) is 0. The van der Waals surface area contributed by atoms with Crippen molar-refractivity contribution in [2.45, 2.75) is 65.6 Å². The van der Waals surface area contributed by atoms with Gasteiger partial charge in [-0.1, -0.05) is 39.0 Å². The number of hydrogen-bond donors (Lipinski definition) is 1. The Labute approximate surface area is 176 Å². The molecule has 0 radical (unpaired) electrons. The maximum absolute atomic E-state index is 6.15. The topological polar surface area (TPSA) is 46.1 Å². The molecular weight excluding hydrogens is 362 g/mol. The summed E-state index contributed by atoms with van der Waals surface area (Å²) in [6.07, 6.45) is 4.97. The van der Waals surface area contributed by atoms with Crippen molar-refractivity contribution < 1.29 is 9.47 Å². The van der Waals surface area contributed by atoms with Crippen LogP contribution in [-0.2, 0) is 4.74 Å². The number of nitrogens with one attached hydrogen (secondary N) is 1. The average molecular weight is 402 g/mol. The van der Waals surface area contributed by atoms with Crippen LogP contribution in [0.4, 0.5) is 0 Å². The summed E-state index contributed by atoms with van der Waals surface area (Å²) in [5.41, 5.74) is 0.159. The summed E-state index contributed by atoms with van der Waals surface area (Å²) in [5.74, 6) is 2.51. The first-order valence-electron chi connectivity index (χ1n) is 11.3. The second-order valence-electron chi connectivity index (χ2n) is 9.37. The van der Waals surface area contributed by atoms with Gasteiger partial charge in [0, 0.05) is 51.5 Å². The van der Waals surface area contributed by atoms with Gasteiger partial charge in [0.2, 0.25) is 0 Å². The minimum atomic E-state index is 0.159. The molecule has 5 heteroatoms. The Kier molecular flexibility index (Phi) is 7.82. The molecule has 0 bridgehead atoms. The molecule has 0 aromatic heterocycles. The quantitative estimate of drug-likeness (QED) is 0.589. The number of para-hydroxylation sites is 1. The smallest absolute Gasteiger partial charge is 0.193 e. The fourth-order valence-electron chi connectivity index (χ4n) is 4.49. The lowest BCUT2D eigenvalue weighted by Gasteiger charge is -2.40. The molecule has 2 saturated heterocycles. The van der Waals surface area contributed by atoms with E-state index in [1.165, 1.54) is 6.42 Å². The molecule has 2 aliphatic rings. The van der Waals surface area contributed by atoms with Gasteiger partial charge in [-0.05, 0) is 37.3 Å². The first kappa shape index (κ1) is 21.9. The van der Waals surface area contributed by atoms with Crippen molar-refractivity contribution in [3.8, 4) is 5.75 Å². The summed E-state index contributed by atoms with van der Waals surface area (Å²) in [5, 5.41) is 3.50. The van der Waals surface area contributed by atoms with Gasteiger partial charge in [0.25, 0.3) is 0 Å². The molecule has 2 atom stereocenters. The molecule has 1 aromatic rings. The Morgan fingerprint density at radius 2 is 1.90 bits per heavy atom. The van der Waals surface area contributed by atoms with Crippen LogP contribution in [0.2, 0.25) is 0 Å². The minimum absolute atomic E-state index is 0.159. The largest absolute Gasteiger partial charge is 0.490 e. The number of rotatable bonds is 5. The molecule has 0 saturated carbocycles. The van der Waals surface area contributed by atoms with Crippen molar-refractivity contribution in [2.75, 3.05) is 32.8 Å². The van der Waals surface area contributed by atoms with Gasteiger partial charge in [0.15, 0.2) is 5.96 Å². The Hall–Kier alpha value is -1.75. The molecular formula is C24H39N3O2. The number of ether oxygens (including phenoxy) is 2.